The molecule has 2 aliphatic carbocycles. The van der Waals surface area contributed by atoms with Gasteiger partial charge in [0.25, 0.3) is 0 Å². The Kier molecular flexibility index (Phi) is 4.16. The van der Waals surface area contributed by atoms with Crippen LogP contribution in [0.25, 0.3) is 0 Å². The van der Waals surface area contributed by atoms with E-state index in [0.717, 1.165) is 5.57 Å². The van der Waals surface area contributed by atoms with Gasteiger partial charge in [-0.3, -0.25) is 4.79 Å². The number of carbonyl (C=O) groups is 3. The van der Waals surface area contributed by atoms with Gasteiger partial charge < -0.3 is 23.7 Å². The summed E-state index contributed by atoms with van der Waals surface area (Å²) in [6.07, 6.45) is 4.56. The van der Waals surface area contributed by atoms with E-state index in [-0.39, 0.29) is 12.5 Å². The van der Waals surface area contributed by atoms with E-state index in [1.165, 1.54) is 12.3 Å². The van der Waals surface area contributed by atoms with E-state index >= 15 is 0 Å². The second-order valence-electron chi connectivity index (χ2n) is 11.0. The Balaban J connectivity index is 1.58. The fourth-order valence-corrected chi connectivity index (χ4v) is 8.09. The largest absolute Gasteiger partial charge is 0.472 e. The first kappa shape index (κ1) is 21.8. The number of carbonyl (C=O) groups excluding carboxylic acids is 3. The minimum absolute atomic E-state index is 0.00856. The van der Waals surface area contributed by atoms with Crippen molar-refractivity contribution in [1.82, 2.24) is 0 Å². The molecule has 0 aromatic carbocycles. The molecular formula is C26H28O8. The Bertz CT molecular complexity index is 1180. The third kappa shape index (κ3) is 2.20. The Hall–Kier alpha value is -2.71. The zero-order valence-electron chi connectivity index (χ0n) is 19.6. The molecule has 4 heterocycles. The fraction of sp³-hybridized carbons (Fsp3) is 0.577. The first-order valence-corrected chi connectivity index (χ1v) is 11.7. The number of ketones is 1. The quantitative estimate of drug-likeness (QED) is 0.380. The smallest absolute Gasteiger partial charge is 0.339 e. The number of aliphatic hydroxyl groups excluding tert-OH is 1. The van der Waals surface area contributed by atoms with Crippen molar-refractivity contribution in [2.45, 2.75) is 64.4 Å². The lowest BCUT2D eigenvalue weighted by molar-refractivity contribution is -0.223. The molecule has 6 rings (SSSR count). The monoisotopic (exact) mass is 468 g/mol. The zero-order valence-corrected chi connectivity index (χ0v) is 19.6. The first-order valence-electron chi connectivity index (χ1n) is 11.7. The average Bonchev–Trinajstić information content (AvgIpc) is 3.36. The highest BCUT2D eigenvalue weighted by Crippen LogP contribution is 2.78. The maximum atomic E-state index is 13.8. The van der Waals surface area contributed by atoms with Crippen LogP contribution in [0.3, 0.4) is 0 Å². The molecule has 0 bridgehead atoms. The predicted octanol–water partition coefficient (Wildman–Crippen LogP) is 2.82. The number of hydrogen-bond acceptors (Lipinski definition) is 8. The fourth-order valence-electron chi connectivity index (χ4n) is 8.09. The molecule has 8 nitrogen and oxygen atoms in total. The lowest BCUT2D eigenvalue weighted by Crippen LogP contribution is -2.73. The molecule has 1 N–H and O–H groups in total. The SMILES string of the molecule is CC(C)=C1C(=O)[C@H](O)[C@]2(C)[C@H](CC[C@@]3(C)[C@H](c4ccoc4)OC(=O)[C@H]4O[C@@]423)[C@@]12C=CC(=O)OC2. The number of esters is 2. The molecule has 8 heteroatoms. The molecule has 4 fully saturated rings. The number of aliphatic hydroxyl groups is 1. The van der Waals surface area contributed by atoms with Gasteiger partial charge in [-0.25, -0.2) is 9.59 Å². The summed E-state index contributed by atoms with van der Waals surface area (Å²) in [6, 6.07) is 1.77. The topological polar surface area (TPSA) is 116 Å². The second kappa shape index (κ2) is 6.49. The Morgan fingerprint density at radius 1 is 1.15 bits per heavy atom. The average molecular weight is 469 g/mol. The predicted molar refractivity (Wildman–Crippen MR) is 116 cm³/mol. The first-order chi connectivity index (χ1) is 16.0. The van der Waals surface area contributed by atoms with Gasteiger partial charge in [-0.15, -0.1) is 0 Å². The van der Waals surface area contributed by atoms with Crippen molar-refractivity contribution in [1.29, 1.82) is 0 Å². The minimum Gasteiger partial charge on any atom is -0.472 e. The van der Waals surface area contributed by atoms with Gasteiger partial charge in [-0.2, -0.15) is 0 Å². The van der Waals surface area contributed by atoms with Crippen LogP contribution in [0.5, 0.6) is 0 Å². The number of epoxide rings is 1. The molecule has 34 heavy (non-hydrogen) atoms. The van der Waals surface area contributed by atoms with Crippen LogP contribution in [0, 0.1) is 22.2 Å². The summed E-state index contributed by atoms with van der Waals surface area (Å²) in [7, 11) is 0. The summed E-state index contributed by atoms with van der Waals surface area (Å²) in [5.74, 6) is -1.68. The van der Waals surface area contributed by atoms with Gasteiger partial charge in [0.15, 0.2) is 11.9 Å². The minimum atomic E-state index is -1.39. The maximum absolute atomic E-state index is 13.8. The molecule has 3 aliphatic heterocycles. The molecule has 1 aromatic rings. The summed E-state index contributed by atoms with van der Waals surface area (Å²) >= 11 is 0. The number of cyclic esters (lactones) is 2. The van der Waals surface area contributed by atoms with Crippen molar-refractivity contribution in [3.05, 3.63) is 47.5 Å². The van der Waals surface area contributed by atoms with Crippen LogP contribution in [0.4, 0.5) is 0 Å². The van der Waals surface area contributed by atoms with E-state index in [1.807, 2.05) is 27.7 Å². The molecule has 5 aliphatic rings. The van der Waals surface area contributed by atoms with E-state index in [1.54, 1.807) is 18.4 Å². The Morgan fingerprint density at radius 3 is 2.53 bits per heavy atom. The number of fused-ring (bicyclic) bond motifs is 2. The number of Topliss-reactive ketones (excluding diaryl/α,β-unsaturated/α-hetero) is 1. The molecule has 0 radical (unpaired) electrons. The van der Waals surface area contributed by atoms with Gasteiger partial charge in [0, 0.05) is 28.0 Å². The van der Waals surface area contributed by atoms with Crippen LogP contribution in [0.2, 0.25) is 0 Å². The van der Waals surface area contributed by atoms with E-state index in [9.17, 15) is 19.5 Å². The van der Waals surface area contributed by atoms with Crippen molar-refractivity contribution in [2.24, 2.45) is 22.2 Å². The van der Waals surface area contributed by atoms with Crippen LogP contribution in [0.15, 0.2) is 46.3 Å². The van der Waals surface area contributed by atoms with Crippen LogP contribution in [-0.2, 0) is 28.6 Å². The highest BCUT2D eigenvalue weighted by molar-refractivity contribution is 6.04. The van der Waals surface area contributed by atoms with Gasteiger partial charge >= 0.3 is 11.9 Å². The van der Waals surface area contributed by atoms with Crippen LogP contribution in [-0.4, -0.2) is 47.2 Å². The molecule has 0 amide bonds. The van der Waals surface area contributed by atoms with E-state index < -0.39 is 57.9 Å². The number of furan rings is 1. The summed E-state index contributed by atoms with van der Waals surface area (Å²) < 4.78 is 22.9. The molecule has 2 spiro atoms. The lowest BCUT2D eigenvalue weighted by Gasteiger charge is -2.65. The maximum Gasteiger partial charge on any atom is 0.339 e. The van der Waals surface area contributed by atoms with Crippen LogP contribution >= 0.6 is 0 Å². The van der Waals surface area contributed by atoms with E-state index in [4.69, 9.17) is 18.6 Å². The van der Waals surface area contributed by atoms with Crippen LogP contribution in [0.1, 0.15) is 52.2 Å². The summed E-state index contributed by atoms with van der Waals surface area (Å²) in [6.45, 7) is 7.55. The molecule has 0 unspecified atom stereocenters. The van der Waals surface area contributed by atoms with Crippen molar-refractivity contribution < 1.29 is 38.1 Å². The second-order valence-corrected chi connectivity index (χ2v) is 11.0. The van der Waals surface area contributed by atoms with Crippen molar-refractivity contribution >= 4 is 17.7 Å². The molecule has 8 atom stereocenters. The lowest BCUT2D eigenvalue weighted by atomic mass is 9.38. The third-order valence-electron chi connectivity index (χ3n) is 9.43. The van der Waals surface area contributed by atoms with Crippen LogP contribution < -0.4 is 0 Å². The summed E-state index contributed by atoms with van der Waals surface area (Å²) in [4.78, 5) is 38.9. The van der Waals surface area contributed by atoms with Gasteiger partial charge in [0.1, 0.15) is 24.4 Å². The zero-order chi connectivity index (χ0) is 24.3. The molecular weight excluding hydrogens is 440 g/mol. The molecule has 1 aromatic heterocycles. The Labute approximate surface area is 196 Å². The number of rotatable bonds is 1. The molecule has 2 saturated heterocycles. The van der Waals surface area contributed by atoms with Gasteiger partial charge in [0.2, 0.25) is 0 Å². The van der Waals surface area contributed by atoms with Crippen molar-refractivity contribution in [2.75, 3.05) is 6.61 Å². The van der Waals surface area contributed by atoms with Gasteiger partial charge in [-0.1, -0.05) is 25.5 Å². The van der Waals surface area contributed by atoms with E-state index in [2.05, 4.69) is 0 Å². The van der Waals surface area contributed by atoms with E-state index in [0.29, 0.717) is 24.0 Å². The highest BCUT2D eigenvalue weighted by Gasteiger charge is 2.88. The highest BCUT2D eigenvalue weighted by atomic mass is 16.7. The number of hydrogen-bond donors (Lipinski definition) is 1. The third-order valence-corrected chi connectivity index (χ3v) is 9.43. The summed E-state index contributed by atoms with van der Waals surface area (Å²) in [5.41, 5.74) is -1.90. The number of allylic oxidation sites excluding steroid dienone is 1. The van der Waals surface area contributed by atoms with Gasteiger partial charge in [0.05, 0.1) is 17.9 Å². The standard InChI is InChI=1S/C26H28O8/c1-13(2)17-18(28)19(29)24(4)15(25(17)9-6-16(27)32-12-25)5-8-23(3)20(14-7-10-31-11-14)33-22(30)21-26(23,24)34-21/h6-7,9-11,15,19-21,29H,5,8,12H2,1-4H3/t15-,19-,20-,21+,23-,24-,25-,26+/m0/s1. The summed E-state index contributed by atoms with van der Waals surface area (Å²) in [5, 5.41) is 11.7. The normalized spacial score (nSPS) is 46.9. The van der Waals surface area contributed by atoms with Crippen molar-refractivity contribution in [3.63, 3.8) is 0 Å². The number of ether oxygens (including phenoxy) is 3. The molecule has 180 valence electrons. The Morgan fingerprint density at radius 2 is 1.91 bits per heavy atom. The molecule has 2 saturated carbocycles. The van der Waals surface area contributed by atoms with Gasteiger partial charge in [-0.05, 0) is 38.7 Å². The van der Waals surface area contributed by atoms with Crippen molar-refractivity contribution in [3.8, 4) is 0 Å².